The Bertz CT molecular complexity index is 1070. The van der Waals surface area contributed by atoms with E-state index in [0.717, 1.165) is 44.2 Å². The lowest BCUT2D eigenvalue weighted by molar-refractivity contribution is 0.0757. The Labute approximate surface area is 229 Å². The molecule has 1 N–H and O–H groups in total. The molecule has 0 atom stereocenters. The maximum absolute atomic E-state index is 13.6. The lowest BCUT2D eigenvalue weighted by Gasteiger charge is -2.36. The summed E-state index contributed by atoms with van der Waals surface area (Å²) in [5.74, 6) is -0.100. The van der Waals surface area contributed by atoms with Crippen LogP contribution in [0.2, 0.25) is 18.1 Å². The summed E-state index contributed by atoms with van der Waals surface area (Å²) in [5.41, 5.74) is 0.908. The molecular formula is C29H46N4O4Si. The van der Waals surface area contributed by atoms with Crippen LogP contribution in [0.25, 0.3) is 0 Å². The number of amides is 1. The van der Waals surface area contributed by atoms with Crippen molar-refractivity contribution in [3.05, 3.63) is 41.6 Å². The van der Waals surface area contributed by atoms with Gasteiger partial charge >= 0.3 is 0 Å². The molecule has 1 aliphatic rings. The molecule has 0 unspecified atom stereocenters. The number of unbranched alkanes of at least 4 members (excludes halogenated alkanes) is 1. The molecule has 0 bridgehead atoms. The number of nitrogens with zero attached hydrogens (tertiary/aromatic N) is 4. The second kappa shape index (κ2) is 12.6. The van der Waals surface area contributed by atoms with Crippen LogP contribution in [0.4, 0.5) is 0 Å². The van der Waals surface area contributed by atoms with Gasteiger partial charge in [0.1, 0.15) is 5.82 Å². The van der Waals surface area contributed by atoms with Gasteiger partial charge in [-0.05, 0) is 49.5 Å². The number of likely N-dealkylation sites (N-methyl/N-ethyl adjacent to an activating group) is 1. The van der Waals surface area contributed by atoms with Crippen LogP contribution < -0.4 is 4.74 Å². The molecule has 1 aliphatic carbocycles. The Hall–Kier alpha value is -2.52. The van der Waals surface area contributed by atoms with Gasteiger partial charge in [0, 0.05) is 37.3 Å². The van der Waals surface area contributed by atoms with E-state index in [0.29, 0.717) is 32.0 Å². The molecular weight excluding hydrogens is 496 g/mol. The second-order valence-corrected chi connectivity index (χ2v) is 16.9. The molecule has 3 rings (SSSR count). The van der Waals surface area contributed by atoms with Crippen molar-refractivity contribution in [1.82, 2.24) is 19.9 Å². The van der Waals surface area contributed by atoms with Crippen LogP contribution in [0.1, 0.15) is 88.2 Å². The van der Waals surface area contributed by atoms with Gasteiger partial charge in [-0.3, -0.25) is 9.78 Å². The van der Waals surface area contributed by atoms with Crippen molar-refractivity contribution in [2.45, 2.75) is 96.2 Å². The molecule has 0 spiro atoms. The first-order chi connectivity index (χ1) is 17.9. The van der Waals surface area contributed by atoms with E-state index in [1.54, 1.807) is 11.9 Å². The van der Waals surface area contributed by atoms with Gasteiger partial charge in [-0.25, -0.2) is 4.98 Å². The van der Waals surface area contributed by atoms with Crippen LogP contribution in [-0.4, -0.2) is 66.0 Å². The van der Waals surface area contributed by atoms with Crippen molar-refractivity contribution in [3.8, 4) is 11.6 Å². The highest BCUT2D eigenvalue weighted by molar-refractivity contribution is 6.74. The van der Waals surface area contributed by atoms with Crippen molar-refractivity contribution in [3.63, 3.8) is 0 Å². The Kier molecular flexibility index (Phi) is 9.92. The third kappa shape index (κ3) is 7.11. The summed E-state index contributed by atoms with van der Waals surface area (Å²) in [6.07, 6.45) is 8.19. The molecule has 9 heteroatoms. The van der Waals surface area contributed by atoms with Crippen LogP contribution >= 0.6 is 0 Å². The second-order valence-electron chi connectivity index (χ2n) is 12.1. The van der Waals surface area contributed by atoms with E-state index in [2.05, 4.69) is 56.8 Å². The first-order valence-electron chi connectivity index (χ1n) is 13.9. The molecule has 0 radical (unpaired) electrons. The predicted molar refractivity (Wildman–Crippen MR) is 152 cm³/mol. The fraction of sp³-hybridized carbons (Fsp3) is 0.655. The van der Waals surface area contributed by atoms with E-state index in [1.807, 2.05) is 18.3 Å². The maximum Gasteiger partial charge on any atom is 0.276 e. The normalized spacial score (nSPS) is 15.4. The Morgan fingerprint density at radius 3 is 2.47 bits per heavy atom. The number of hydrogen-bond donors (Lipinski definition) is 1. The van der Waals surface area contributed by atoms with Crippen molar-refractivity contribution < 1.29 is 19.1 Å². The number of pyridine rings is 1. The molecule has 210 valence electrons. The standard InChI is InChI=1S/C29H46N4O4Si/c1-8-9-19-36-25-24(27(35)33(5)18-20-37-38(6,7)28(2,3)4)31-23(32-26(25)34)21-29(15-11-12-16-29)22-14-10-13-17-30-22/h10,13-14,17H,8-9,11-12,15-16,18-21H2,1-7H3,(H,31,32,34). The van der Waals surface area contributed by atoms with E-state index < -0.39 is 8.32 Å². The van der Waals surface area contributed by atoms with E-state index in [-0.39, 0.29) is 33.7 Å². The van der Waals surface area contributed by atoms with Gasteiger partial charge in [-0.2, -0.15) is 4.98 Å². The molecule has 0 aromatic carbocycles. The van der Waals surface area contributed by atoms with Crippen molar-refractivity contribution >= 4 is 14.2 Å². The SMILES string of the molecule is CCCCOc1c(O)nc(CC2(c3ccccn3)CCCC2)nc1C(=O)N(C)CCO[Si](C)(C)C(C)(C)C. The lowest BCUT2D eigenvalue weighted by Crippen LogP contribution is -2.43. The zero-order valence-corrected chi connectivity index (χ0v) is 25.3. The number of aromatic hydroxyl groups is 1. The van der Waals surface area contributed by atoms with E-state index >= 15 is 0 Å². The number of carbonyl (C=O) groups excluding carboxylic acids is 1. The number of hydrogen-bond acceptors (Lipinski definition) is 7. The van der Waals surface area contributed by atoms with Crippen LogP contribution in [0, 0.1) is 0 Å². The first kappa shape index (κ1) is 30.0. The summed E-state index contributed by atoms with van der Waals surface area (Å²) >= 11 is 0. The molecule has 2 aromatic heterocycles. The fourth-order valence-electron chi connectivity index (χ4n) is 4.65. The largest absolute Gasteiger partial charge is 0.491 e. The molecule has 2 aromatic rings. The number of carbonyl (C=O) groups is 1. The van der Waals surface area contributed by atoms with Crippen LogP contribution in [0.5, 0.6) is 11.6 Å². The highest BCUT2D eigenvalue weighted by Crippen LogP contribution is 2.43. The van der Waals surface area contributed by atoms with Crippen molar-refractivity contribution in [2.75, 3.05) is 26.8 Å². The van der Waals surface area contributed by atoms with Crippen LogP contribution in [0.3, 0.4) is 0 Å². The number of aromatic nitrogens is 3. The van der Waals surface area contributed by atoms with Crippen LogP contribution in [0.15, 0.2) is 24.4 Å². The minimum Gasteiger partial charge on any atom is -0.491 e. The molecule has 0 saturated heterocycles. The van der Waals surface area contributed by atoms with Gasteiger partial charge in [0.25, 0.3) is 11.8 Å². The first-order valence-corrected chi connectivity index (χ1v) is 16.8. The quantitative estimate of drug-likeness (QED) is 0.263. The molecule has 1 saturated carbocycles. The molecule has 8 nitrogen and oxygen atoms in total. The topological polar surface area (TPSA) is 97.7 Å². The molecule has 1 amide bonds. The summed E-state index contributed by atoms with van der Waals surface area (Å²) in [5, 5.41) is 11.0. The average Bonchev–Trinajstić information content (AvgIpc) is 3.34. The summed E-state index contributed by atoms with van der Waals surface area (Å²) in [6, 6.07) is 5.97. The lowest BCUT2D eigenvalue weighted by atomic mass is 9.79. The summed E-state index contributed by atoms with van der Waals surface area (Å²) in [4.78, 5) is 29.0. The summed E-state index contributed by atoms with van der Waals surface area (Å²) < 4.78 is 12.1. The zero-order chi connectivity index (χ0) is 28.0. The van der Waals surface area contributed by atoms with Crippen molar-refractivity contribution in [2.24, 2.45) is 0 Å². The molecule has 0 aliphatic heterocycles. The monoisotopic (exact) mass is 542 g/mol. The maximum atomic E-state index is 13.6. The third-order valence-electron chi connectivity index (χ3n) is 8.15. The van der Waals surface area contributed by atoms with Gasteiger partial charge in [-0.15, -0.1) is 0 Å². The average molecular weight is 543 g/mol. The highest BCUT2D eigenvalue weighted by atomic mass is 28.4. The summed E-state index contributed by atoms with van der Waals surface area (Å²) in [7, 11) is -0.198. The van der Waals surface area contributed by atoms with Gasteiger partial charge < -0.3 is 19.2 Å². The minimum absolute atomic E-state index is 0.0580. The van der Waals surface area contributed by atoms with Crippen LogP contribution in [-0.2, 0) is 16.3 Å². The van der Waals surface area contributed by atoms with Gasteiger partial charge in [-0.1, -0.05) is 53.0 Å². The van der Waals surface area contributed by atoms with Gasteiger partial charge in [0.2, 0.25) is 5.75 Å². The number of rotatable bonds is 12. The van der Waals surface area contributed by atoms with Gasteiger partial charge in [0.05, 0.1) is 13.2 Å². The van der Waals surface area contributed by atoms with Crippen molar-refractivity contribution in [1.29, 1.82) is 0 Å². The third-order valence-corrected chi connectivity index (χ3v) is 12.7. The Morgan fingerprint density at radius 1 is 1.16 bits per heavy atom. The van der Waals surface area contributed by atoms with E-state index in [4.69, 9.17) is 14.1 Å². The Morgan fingerprint density at radius 2 is 1.87 bits per heavy atom. The van der Waals surface area contributed by atoms with Gasteiger partial charge in [0.15, 0.2) is 14.0 Å². The summed E-state index contributed by atoms with van der Waals surface area (Å²) in [6.45, 7) is 14.3. The fourth-order valence-corrected chi connectivity index (χ4v) is 5.68. The molecule has 38 heavy (non-hydrogen) atoms. The number of ether oxygens (including phenoxy) is 1. The molecule has 1 fully saturated rings. The predicted octanol–water partition coefficient (Wildman–Crippen LogP) is 5.90. The Balaban J connectivity index is 1.87. The zero-order valence-electron chi connectivity index (χ0n) is 24.3. The minimum atomic E-state index is -1.93. The van der Waals surface area contributed by atoms with E-state index in [1.165, 1.54) is 0 Å². The van der Waals surface area contributed by atoms with E-state index in [9.17, 15) is 9.90 Å². The smallest absolute Gasteiger partial charge is 0.276 e. The highest BCUT2D eigenvalue weighted by Gasteiger charge is 2.39. The molecule has 2 heterocycles.